The molecular formula is C10H16ClNO3. The topological polar surface area (TPSA) is 61.7 Å². The van der Waals surface area contributed by atoms with Gasteiger partial charge in [0.25, 0.3) is 0 Å². The van der Waals surface area contributed by atoms with Crippen LogP contribution in [0.3, 0.4) is 0 Å². The van der Waals surface area contributed by atoms with E-state index in [1.807, 2.05) is 0 Å². The van der Waals surface area contributed by atoms with E-state index in [4.69, 9.17) is 8.85 Å². The number of methoxy groups -OCH3 is 1. The molecule has 0 saturated carbocycles. The van der Waals surface area contributed by atoms with Crippen molar-refractivity contribution < 1.29 is 19.1 Å². The quantitative estimate of drug-likeness (QED) is 0.732. The van der Waals surface area contributed by atoms with Crippen LogP contribution < -0.4 is 10.1 Å². The lowest BCUT2D eigenvalue weighted by Gasteiger charge is -2.12. The summed E-state index contributed by atoms with van der Waals surface area (Å²) in [6.45, 7) is -2.34. The van der Waals surface area contributed by atoms with Crippen molar-refractivity contribution in [1.82, 2.24) is 5.32 Å². The molecule has 0 radical (unpaired) electrons. The van der Waals surface area contributed by atoms with Crippen LogP contribution in [0.15, 0.2) is 18.2 Å². The Bertz CT molecular complexity index is 415. The molecule has 1 rings (SSSR count). The number of hydrogen-bond acceptors (Lipinski definition) is 4. The van der Waals surface area contributed by atoms with Gasteiger partial charge in [0.1, 0.15) is 0 Å². The number of aliphatic hydroxyl groups is 1. The Hall–Kier alpha value is -0.970. The number of likely N-dealkylation sites (N-methyl/N-ethyl adjacent to an activating group) is 1. The lowest BCUT2D eigenvalue weighted by molar-refractivity contribution is 0.177. The maximum Gasteiger partial charge on any atom is 0.160 e. The van der Waals surface area contributed by atoms with Gasteiger partial charge >= 0.3 is 0 Å². The standard InChI is InChI=1S/C10H15NO3.ClH/c1-11-6-9(13)7-3-4-8(12)10(5-7)14-2;/h3-5,9,11-13H,6H2,1-2H3;1H/i6D2,9D;. The lowest BCUT2D eigenvalue weighted by Crippen LogP contribution is -2.16. The van der Waals surface area contributed by atoms with Gasteiger partial charge in [0.05, 0.1) is 14.6 Å². The third kappa shape index (κ3) is 3.58. The van der Waals surface area contributed by atoms with Crippen LogP contribution in [-0.4, -0.2) is 30.9 Å². The zero-order chi connectivity index (χ0) is 13.3. The van der Waals surface area contributed by atoms with Gasteiger partial charge in [0.15, 0.2) is 11.5 Å². The van der Waals surface area contributed by atoms with Gasteiger partial charge in [-0.25, -0.2) is 0 Å². The molecule has 1 atom stereocenters. The zero-order valence-electron chi connectivity index (χ0n) is 11.4. The molecule has 0 aromatic heterocycles. The minimum atomic E-state index is -2.50. The molecule has 0 saturated heterocycles. The molecule has 0 heterocycles. The van der Waals surface area contributed by atoms with E-state index >= 15 is 0 Å². The fraction of sp³-hybridized carbons (Fsp3) is 0.400. The average molecular weight is 237 g/mol. The molecule has 0 aliphatic rings. The summed E-state index contributed by atoms with van der Waals surface area (Å²) in [6.07, 6.45) is -2.50. The monoisotopic (exact) mass is 236 g/mol. The summed E-state index contributed by atoms with van der Waals surface area (Å²) in [5.74, 6) is -0.0721. The van der Waals surface area contributed by atoms with Crippen molar-refractivity contribution in [3.8, 4) is 11.5 Å². The Balaban J connectivity index is 0.00000289. The molecule has 5 heteroatoms. The van der Waals surface area contributed by atoms with Gasteiger partial charge in [-0.3, -0.25) is 0 Å². The normalized spacial score (nSPS) is 17.7. The van der Waals surface area contributed by atoms with Crippen LogP contribution in [-0.2, 0) is 0 Å². The van der Waals surface area contributed by atoms with Crippen LogP contribution in [0, 0.1) is 0 Å². The van der Waals surface area contributed by atoms with E-state index < -0.39 is 12.6 Å². The zero-order valence-corrected chi connectivity index (χ0v) is 9.26. The number of nitrogens with one attached hydrogen (secondary N) is 1. The molecule has 3 N–H and O–H groups in total. The van der Waals surface area contributed by atoms with Crippen LogP contribution in [0.1, 0.15) is 15.8 Å². The van der Waals surface area contributed by atoms with Gasteiger partial charge in [-0.2, -0.15) is 0 Å². The van der Waals surface area contributed by atoms with Gasteiger partial charge < -0.3 is 20.3 Å². The second kappa shape index (κ2) is 6.50. The average Bonchev–Trinajstić information content (AvgIpc) is 2.29. The molecule has 1 unspecified atom stereocenters. The number of hydrogen-bond donors (Lipinski definition) is 3. The van der Waals surface area contributed by atoms with E-state index in [1.165, 1.54) is 32.4 Å². The minimum absolute atomic E-state index is 0. The highest BCUT2D eigenvalue weighted by Gasteiger charge is 2.09. The molecule has 0 bridgehead atoms. The molecule has 1 aromatic rings. The number of phenolic OH excluding ortho intramolecular Hbond substituents is 1. The summed E-state index contributed by atoms with van der Waals surface area (Å²) in [7, 11) is 2.63. The van der Waals surface area contributed by atoms with Crippen molar-refractivity contribution in [1.29, 1.82) is 0 Å². The third-order valence-electron chi connectivity index (χ3n) is 1.70. The number of phenols is 1. The highest BCUT2D eigenvalue weighted by Crippen LogP contribution is 2.28. The largest absolute Gasteiger partial charge is 0.504 e. The first-order chi connectivity index (χ1) is 7.76. The molecule has 0 spiro atoms. The summed E-state index contributed by atoms with van der Waals surface area (Å²) >= 11 is 0. The molecule has 0 fully saturated rings. The Labute approximate surface area is 99.5 Å². The molecular weight excluding hydrogens is 218 g/mol. The third-order valence-corrected chi connectivity index (χ3v) is 1.70. The lowest BCUT2D eigenvalue weighted by atomic mass is 10.1. The smallest absolute Gasteiger partial charge is 0.160 e. The van der Waals surface area contributed by atoms with Crippen molar-refractivity contribution >= 4 is 12.4 Å². The second-order valence-electron chi connectivity index (χ2n) is 2.61. The van der Waals surface area contributed by atoms with Crippen LogP contribution in [0.2, 0.25) is 0 Å². The number of aromatic hydroxyl groups is 1. The predicted molar refractivity (Wildman–Crippen MR) is 60.8 cm³/mol. The molecule has 0 amide bonds. The highest BCUT2D eigenvalue weighted by molar-refractivity contribution is 5.85. The SMILES string of the molecule is Cl.[2H]C([2H])(NC)C([2H])(O)c1ccc(O)c(OC)c1. The second-order valence-corrected chi connectivity index (χ2v) is 2.61. The number of rotatable bonds is 4. The summed E-state index contributed by atoms with van der Waals surface area (Å²) in [4.78, 5) is 0. The van der Waals surface area contributed by atoms with Gasteiger partial charge in [0.2, 0.25) is 0 Å². The Morgan fingerprint density at radius 1 is 1.67 bits per heavy atom. The molecule has 1 aromatic carbocycles. The summed E-state index contributed by atoms with van der Waals surface area (Å²) in [5.41, 5.74) is -0.0218. The molecule has 0 aliphatic heterocycles. The number of halogens is 1. The summed E-state index contributed by atoms with van der Waals surface area (Å²) in [5, 5.41) is 21.5. The highest BCUT2D eigenvalue weighted by atomic mass is 35.5. The Kier molecular flexibility index (Phi) is 4.02. The van der Waals surface area contributed by atoms with Crippen molar-refractivity contribution in [3.63, 3.8) is 0 Å². The first kappa shape index (κ1) is 9.27. The first-order valence-electron chi connectivity index (χ1n) is 5.55. The van der Waals surface area contributed by atoms with Crippen molar-refractivity contribution in [2.45, 2.75) is 6.08 Å². The summed E-state index contributed by atoms with van der Waals surface area (Å²) in [6, 6.07) is 3.72. The van der Waals surface area contributed by atoms with Crippen LogP contribution in [0.25, 0.3) is 0 Å². The van der Waals surface area contributed by atoms with Crippen LogP contribution in [0.5, 0.6) is 11.5 Å². The van der Waals surface area contributed by atoms with E-state index in [0.717, 1.165) is 0 Å². The molecule has 15 heavy (non-hydrogen) atoms. The van der Waals surface area contributed by atoms with Gasteiger partial charge in [0, 0.05) is 9.24 Å². The van der Waals surface area contributed by atoms with E-state index in [0.29, 0.717) is 0 Å². The van der Waals surface area contributed by atoms with E-state index in [9.17, 15) is 10.2 Å². The maximum atomic E-state index is 9.92. The molecule has 0 aliphatic carbocycles. The number of ether oxygens (including phenoxy) is 1. The van der Waals surface area contributed by atoms with E-state index in [2.05, 4.69) is 5.32 Å². The van der Waals surface area contributed by atoms with Gasteiger partial charge in [-0.1, -0.05) is 6.07 Å². The van der Waals surface area contributed by atoms with E-state index in [1.54, 1.807) is 0 Å². The van der Waals surface area contributed by atoms with Crippen molar-refractivity contribution in [2.24, 2.45) is 0 Å². The van der Waals surface area contributed by atoms with Crippen molar-refractivity contribution in [2.75, 3.05) is 20.7 Å². The fourth-order valence-electron chi connectivity index (χ4n) is 1.02. The Morgan fingerprint density at radius 2 is 2.33 bits per heavy atom. The summed E-state index contributed by atoms with van der Waals surface area (Å²) < 4.78 is 27.6. The number of benzene rings is 1. The van der Waals surface area contributed by atoms with Gasteiger partial charge in [-0.15, -0.1) is 12.4 Å². The van der Waals surface area contributed by atoms with Crippen molar-refractivity contribution in [3.05, 3.63) is 23.8 Å². The predicted octanol–water partition coefficient (Wildman–Crippen LogP) is 1.08. The first-order valence-corrected chi connectivity index (χ1v) is 4.05. The minimum Gasteiger partial charge on any atom is -0.504 e. The van der Waals surface area contributed by atoms with E-state index in [-0.39, 0.29) is 29.5 Å². The Morgan fingerprint density at radius 3 is 2.87 bits per heavy atom. The fourth-order valence-corrected chi connectivity index (χ4v) is 1.02. The molecule has 4 nitrogen and oxygen atoms in total. The van der Waals surface area contributed by atoms with Crippen LogP contribution in [0.4, 0.5) is 0 Å². The van der Waals surface area contributed by atoms with Crippen LogP contribution >= 0.6 is 12.4 Å². The molecule has 86 valence electrons. The van der Waals surface area contributed by atoms with Gasteiger partial charge in [-0.05, 0) is 24.7 Å². The maximum absolute atomic E-state index is 9.92.